The number of aromatic nitrogens is 3. The number of nitrogens with zero attached hydrogens (tertiary/aromatic N) is 4. The van der Waals surface area contributed by atoms with Crippen molar-refractivity contribution in [2.24, 2.45) is 0 Å². The van der Waals surface area contributed by atoms with Crippen LogP contribution in [0.1, 0.15) is 34.9 Å². The summed E-state index contributed by atoms with van der Waals surface area (Å²) in [6, 6.07) is 17.8. The first-order valence-corrected chi connectivity index (χ1v) is 12.4. The number of benzene rings is 1. The summed E-state index contributed by atoms with van der Waals surface area (Å²) in [7, 11) is 1.39. The van der Waals surface area contributed by atoms with Gasteiger partial charge in [0.15, 0.2) is 0 Å². The number of piperidine rings is 1. The van der Waals surface area contributed by atoms with Gasteiger partial charge in [-0.05, 0) is 54.6 Å². The summed E-state index contributed by atoms with van der Waals surface area (Å²) >= 11 is 1.62. The van der Waals surface area contributed by atoms with Crippen molar-refractivity contribution in [3.05, 3.63) is 89.7 Å². The van der Waals surface area contributed by atoms with Crippen molar-refractivity contribution in [3.63, 3.8) is 0 Å². The Kier molecular flexibility index (Phi) is 6.63. The molecule has 0 spiro atoms. The van der Waals surface area contributed by atoms with Gasteiger partial charge in [-0.25, -0.2) is 9.48 Å². The smallest absolute Gasteiger partial charge is 0.354 e. The molecule has 0 radical (unpaired) electrons. The van der Waals surface area contributed by atoms with Crippen molar-refractivity contribution in [1.29, 1.82) is 0 Å². The van der Waals surface area contributed by atoms with Gasteiger partial charge in [-0.3, -0.25) is 4.79 Å². The number of hydrogen-bond acceptors (Lipinski definition) is 5. The molecule has 1 fully saturated rings. The third kappa shape index (κ3) is 4.83. The van der Waals surface area contributed by atoms with Gasteiger partial charge in [0, 0.05) is 43.2 Å². The van der Waals surface area contributed by atoms with Crippen molar-refractivity contribution < 1.29 is 14.3 Å². The average Bonchev–Trinajstić information content (AvgIpc) is 3.68. The van der Waals surface area contributed by atoms with Crippen LogP contribution < -0.4 is 0 Å². The lowest BCUT2D eigenvalue weighted by molar-refractivity contribution is -0.127. The Labute approximate surface area is 207 Å². The molecule has 35 heavy (non-hydrogen) atoms. The van der Waals surface area contributed by atoms with Gasteiger partial charge in [0.25, 0.3) is 0 Å². The summed E-state index contributed by atoms with van der Waals surface area (Å²) in [4.78, 5) is 27.9. The molecule has 4 aromatic rings. The highest BCUT2D eigenvalue weighted by atomic mass is 32.1. The Balaban J connectivity index is 1.29. The first-order valence-electron chi connectivity index (χ1n) is 11.5. The minimum Gasteiger partial charge on any atom is -0.464 e. The van der Waals surface area contributed by atoms with Crippen molar-refractivity contribution in [2.45, 2.75) is 18.9 Å². The zero-order valence-corrected chi connectivity index (χ0v) is 20.2. The van der Waals surface area contributed by atoms with Crippen LogP contribution in [0.3, 0.4) is 0 Å². The fourth-order valence-corrected chi connectivity index (χ4v) is 5.18. The quantitative estimate of drug-likeness (QED) is 0.282. The standard InChI is InChI=1S/C27H26N4O3S/c1-34-27(33)23-9-5-15-30(23)21-13-16-29(17-14-21)25(32)12-11-20-19-31(22-7-3-2-4-8-22)28-26(20)24-10-6-18-35-24/h2-12,15,18-19,21H,13-14,16-17H2,1H3/b12-11+. The molecule has 8 heteroatoms. The summed E-state index contributed by atoms with van der Waals surface area (Å²) in [6.45, 7) is 1.27. The molecular weight excluding hydrogens is 460 g/mol. The van der Waals surface area contributed by atoms with Gasteiger partial charge in [0.05, 0.1) is 17.7 Å². The van der Waals surface area contributed by atoms with E-state index in [1.165, 1.54) is 7.11 Å². The zero-order valence-electron chi connectivity index (χ0n) is 19.4. The van der Waals surface area contributed by atoms with Crippen LogP contribution in [0.15, 0.2) is 78.4 Å². The second kappa shape index (κ2) is 10.1. The topological polar surface area (TPSA) is 69.4 Å². The predicted octanol–water partition coefficient (Wildman–Crippen LogP) is 5.07. The number of hydrogen-bond donors (Lipinski definition) is 0. The van der Waals surface area contributed by atoms with Crippen LogP contribution in [0, 0.1) is 0 Å². The molecule has 3 aromatic heterocycles. The van der Waals surface area contributed by atoms with Crippen LogP contribution in [0.2, 0.25) is 0 Å². The van der Waals surface area contributed by atoms with E-state index in [4.69, 9.17) is 9.84 Å². The lowest BCUT2D eigenvalue weighted by Gasteiger charge is -2.32. The molecule has 1 aromatic carbocycles. The number of amides is 1. The number of methoxy groups -OCH3 is 1. The van der Waals surface area contributed by atoms with E-state index >= 15 is 0 Å². The summed E-state index contributed by atoms with van der Waals surface area (Å²) in [5.41, 5.74) is 3.27. The predicted molar refractivity (Wildman–Crippen MR) is 137 cm³/mol. The van der Waals surface area contributed by atoms with Crippen molar-refractivity contribution in [1.82, 2.24) is 19.2 Å². The van der Waals surface area contributed by atoms with E-state index in [1.807, 2.05) is 86.5 Å². The van der Waals surface area contributed by atoms with Gasteiger partial charge in [0.1, 0.15) is 11.4 Å². The Morgan fingerprint density at radius 2 is 1.86 bits per heavy atom. The number of carbonyl (C=O) groups excluding carboxylic acids is 2. The lowest BCUT2D eigenvalue weighted by Crippen LogP contribution is -2.38. The second-order valence-electron chi connectivity index (χ2n) is 8.37. The number of carbonyl (C=O) groups is 2. The molecule has 0 atom stereocenters. The molecule has 0 saturated carbocycles. The maximum atomic E-state index is 13.0. The maximum Gasteiger partial charge on any atom is 0.354 e. The third-order valence-corrected chi connectivity index (χ3v) is 7.14. The van der Waals surface area contributed by atoms with Crippen LogP contribution in [-0.4, -0.2) is 51.3 Å². The highest BCUT2D eigenvalue weighted by molar-refractivity contribution is 7.13. The second-order valence-corrected chi connectivity index (χ2v) is 9.32. The van der Waals surface area contributed by atoms with Gasteiger partial charge in [-0.2, -0.15) is 5.10 Å². The highest BCUT2D eigenvalue weighted by Crippen LogP contribution is 2.29. The summed E-state index contributed by atoms with van der Waals surface area (Å²) in [5, 5.41) is 6.82. The van der Waals surface area contributed by atoms with Gasteiger partial charge >= 0.3 is 5.97 Å². The molecule has 0 unspecified atom stereocenters. The first-order chi connectivity index (χ1) is 17.1. The highest BCUT2D eigenvalue weighted by Gasteiger charge is 2.25. The molecule has 1 aliphatic heterocycles. The monoisotopic (exact) mass is 486 g/mol. The third-order valence-electron chi connectivity index (χ3n) is 6.27. The molecule has 1 saturated heterocycles. The van der Waals surface area contributed by atoms with Crippen LogP contribution in [0.5, 0.6) is 0 Å². The molecule has 4 heterocycles. The maximum absolute atomic E-state index is 13.0. The normalized spacial score (nSPS) is 14.5. The van der Waals surface area contributed by atoms with E-state index < -0.39 is 0 Å². The Morgan fingerprint density at radius 1 is 1.06 bits per heavy atom. The van der Waals surface area contributed by atoms with Gasteiger partial charge in [0.2, 0.25) is 5.91 Å². The number of rotatable bonds is 6. The summed E-state index contributed by atoms with van der Waals surface area (Å²) in [5.74, 6) is -0.359. The van der Waals surface area contributed by atoms with E-state index in [-0.39, 0.29) is 17.9 Å². The number of thiophene rings is 1. The van der Waals surface area contributed by atoms with E-state index in [2.05, 4.69) is 0 Å². The SMILES string of the molecule is COC(=O)c1cccn1C1CCN(C(=O)/C=C/c2cn(-c3ccccc3)nc2-c2cccs2)CC1. The van der Waals surface area contributed by atoms with E-state index in [0.29, 0.717) is 18.8 Å². The number of ether oxygens (including phenoxy) is 1. The van der Waals surface area contributed by atoms with E-state index in [0.717, 1.165) is 34.7 Å². The molecule has 1 amide bonds. The zero-order chi connectivity index (χ0) is 24.2. The minimum atomic E-state index is -0.339. The minimum absolute atomic E-state index is 0.0197. The molecule has 7 nitrogen and oxygen atoms in total. The first kappa shape index (κ1) is 22.9. The number of para-hydroxylation sites is 1. The Morgan fingerprint density at radius 3 is 2.57 bits per heavy atom. The molecule has 0 N–H and O–H groups in total. The van der Waals surface area contributed by atoms with Crippen LogP contribution in [0.4, 0.5) is 0 Å². The summed E-state index contributed by atoms with van der Waals surface area (Å²) < 4.78 is 8.70. The Hall–Kier alpha value is -3.91. The Bertz CT molecular complexity index is 1330. The van der Waals surface area contributed by atoms with Gasteiger partial charge in [-0.1, -0.05) is 24.3 Å². The molecular formula is C27H26N4O3S. The van der Waals surface area contributed by atoms with Crippen LogP contribution in [-0.2, 0) is 9.53 Å². The molecule has 0 bridgehead atoms. The van der Waals surface area contributed by atoms with Crippen molar-refractivity contribution in [3.8, 4) is 16.3 Å². The van der Waals surface area contributed by atoms with Crippen molar-refractivity contribution in [2.75, 3.05) is 20.2 Å². The van der Waals surface area contributed by atoms with Crippen LogP contribution in [0.25, 0.3) is 22.3 Å². The van der Waals surface area contributed by atoms with E-state index in [1.54, 1.807) is 23.5 Å². The molecule has 178 valence electrons. The van der Waals surface area contributed by atoms with Gasteiger partial charge < -0.3 is 14.2 Å². The molecule has 0 aliphatic carbocycles. The number of esters is 1. The van der Waals surface area contributed by atoms with Crippen LogP contribution >= 0.6 is 11.3 Å². The van der Waals surface area contributed by atoms with Gasteiger partial charge in [-0.15, -0.1) is 11.3 Å². The fourth-order valence-electron chi connectivity index (χ4n) is 4.45. The van der Waals surface area contributed by atoms with E-state index in [9.17, 15) is 9.59 Å². The lowest BCUT2D eigenvalue weighted by atomic mass is 10.0. The van der Waals surface area contributed by atoms with Crippen molar-refractivity contribution >= 4 is 29.3 Å². The summed E-state index contributed by atoms with van der Waals surface area (Å²) in [6.07, 6.45) is 8.93. The fraction of sp³-hybridized carbons (Fsp3) is 0.222. The molecule has 1 aliphatic rings. The largest absolute Gasteiger partial charge is 0.464 e. The average molecular weight is 487 g/mol. The molecule has 5 rings (SSSR count). The number of likely N-dealkylation sites (tertiary alicyclic amines) is 1.